The summed E-state index contributed by atoms with van der Waals surface area (Å²) in [6.45, 7) is 42.9. The second kappa shape index (κ2) is 68.5. The lowest BCUT2D eigenvalue weighted by Gasteiger charge is -2.32. The molecule has 4 heterocycles. The number of amides is 2. The molecule has 4 fully saturated rings. The SMILES string of the molecule is C.CC.CCC.CCN=C=NCCCN1CCCC1.CCN=C=NCCC[N+]1(CC)CCCC1.CCN=C=O.CCNC(=O)NCCCN1CCCC1.Cc1ccc(S(=O)(=O)Cl)cc1.NCCCN1CCCC1.P.P.P.[Cl-]. The van der Waals surface area contributed by atoms with Gasteiger partial charge >= 0.3 is 6.03 Å². The molecule has 22 heteroatoms. The van der Waals surface area contributed by atoms with E-state index in [9.17, 15) is 13.2 Å². The summed E-state index contributed by atoms with van der Waals surface area (Å²) in [7, 11) is 1.54. The Hall–Kier alpha value is -1.75. The van der Waals surface area contributed by atoms with E-state index in [0.717, 1.165) is 64.2 Å². The Balaban J connectivity index is -0.000000122. The number of rotatable bonds is 21. The number of quaternary nitrogens is 1. The maximum Gasteiger partial charge on any atom is 0.314 e. The molecule has 0 radical (unpaired) electrons. The Bertz CT molecular complexity index is 1670. The van der Waals surface area contributed by atoms with Gasteiger partial charge in [0.05, 0.1) is 56.2 Å². The van der Waals surface area contributed by atoms with Gasteiger partial charge in [0.15, 0.2) is 0 Å². The third kappa shape index (κ3) is 60.2. The van der Waals surface area contributed by atoms with Crippen molar-refractivity contribution in [3.63, 3.8) is 0 Å². The van der Waals surface area contributed by atoms with Crippen molar-refractivity contribution >= 4 is 73.6 Å². The minimum atomic E-state index is -3.55. The molecular formula is C55H119Cl2N12O4P3S. The first-order valence-corrected chi connectivity index (χ1v) is 30.1. The van der Waals surface area contributed by atoms with Crippen LogP contribution in [-0.4, -0.2) is 189 Å². The van der Waals surface area contributed by atoms with Crippen LogP contribution in [0.3, 0.4) is 0 Å². The van der Waals surface area contributed by atoms with Crippen molar-refractivity contribution in [3.8, 4) is 0 Å². The van der Waals surface area contributed by atoms with Gasteiger partial charge in [-0.3, -0.25) is 0 Å². The molecule has 458 valence electrons. The molecule has 4 saturated heterocycles. The van der Waals surface area contributed by atoms with Gasteiger partial charge in [0.25, 0.3) is 9.05 Å². The van der Waals surface area contributed by atoms with E-state index in [0.29, 0.717) is 13.1 Å². The normalized spacial score (nSPS) is 14.3. The van der Waals surface area contributed by atoms with Gasteiger partial charge in [-0.1, -0.05) is 59.2 Å². The standard InChI is InChI=1S/C12H24N3.C10H21N3O.C10H19N3.C7H7ClO2S.C7H16N2.C3H5NO.C3H8.C2H6.CH4.ClH.3H3P/c1-3-13-12-14-8-7-11-15(4-2)9-5-6-10-15;1-2-11-10(14)12-6-5-9-13-7-3-4-8-13;1-2-11-10-12-6-5-9-13-7-3-4-8-13;1-6-2-4-7(5-3-6)11(8,9)10;8-4-3-7-9-5-1-2-6-9;1-2-4-3-5;1-3-2;1-2;;;;;/h3-11H2,1-2H3;2-9H2,1H3,(H2,11,12,14);2-9H2,1H3;2-5H,1H3;1-8H2;2H2,1H3;3H2,1-2H3;1-2H3;1H4;1H;3*1H3/q+1;;;;;;;;;;;;/p-1. The van der Waals surface area contributed by atoms with E-state index in [1.54, 1.807) is 19.1 Å². The number of nitrogens with two attached hydrogens (primary N) is 1. The number of hydrogen-bond donors (Lipinski definition) is 3. The van der Waals surface area contributed by atoms with E-state index in [2.05, 4.69) is 83.1 Å². The lowest BCUT2D eigenvalue weighted by atomic mass is 10.2. The number of aliphatic imine (C=N–C) groups is 5. The van der Waals surface area contributed by atoms with Crippen LogP contribution in [0, 0.1) is 6.92 Å². The van der Waals surface area contributed by atoms with Gasteiger partial charge < -0.3 is 48.0 Å². The summed E-state index contributed by atoms with van der Waals surface area (Å²) in [5, 5.41) is 5.54. The minimum absolute atomic E-state index is 0. The van der Waals surface area contributed by atoms with E-state index in [1.165, 1.54) is 172 Å². The molecule has 1 aromatic carbocycles. The molecule has 2 amide bonds. The average Bonchev–Trinajstić information content (AvgIpc) is 4.25. The zero-order chi connectivity index (χ0) is 54.4. The molecule has 77 heavy (non-hydrogen) atoms. The molecule has 0 spiro atoms. The lowest BCUT2D eigenvalue weighted by molar-refractivity contribution is -0.915. The van der Waals surface area contributed by atoms with Gasteiger partial charge in [0.2, 0.25) is 6.08 Å². The highest BCUT2D eigenvalue weighted by Gasteiger charge is 2.29. The van der Waals surface area contributed by atoms with Gasteiger partial charge in [-0.25, -0.2) is 43.0 Å². The molecule has 1 aromatic rings. The number of carbonyl (C=O) groups is 1. The molecule has 4 aliphatic heterocycles. The molecule has 5 rings (SSSR count). The highest BCUT2D eigenvalue weighted by Crippen LogP contribution is 2.19. The maximum absolute atomic E-state index is 11.0. The topological polar surface area (TPSA) is 190 Å². The summed E-state index contributed by atoms with van der Waals surface area (Å²) < 4.78 is 22.7. The van der Waals surface area contributed by atoms with Gasteiger partial charge in [-0.05, 0) is 177 Å². The Labute approximate surface area is 494 Å². The Morgan fingerprint density at radius 2 is 1.05 bits per heavy atom. The van der Waals surface area contributed by atoms with E-state index in [4.69, 9.17) is 21.2 Å². The van der Waals surface area contributed by atoms with Crippen LogP contribution in [0.25, 0.3) is 0 Å². The van der Waals surface area contributed by atoms with Crippen molar-refractivity contribution < 1.29 is 34.9 Å². The monoisotopic (exact) mass is 1210 g/mol. The molecule has 3 unspecified atom stereocenters. The third-order valence-corrected chi connectivity index (χ3v) is 12.9. The molecule has 0 aliphatic carbocycles. The molecule has 0 aromatic heterocycles. The van der Waals surface area contributed by atoms with Gasteiger partial charge in [-0.15, -0.1) is 0 Å². The van der Waals surface area contributed by atoms with Crippen LogP contribution in [0.2, 0.25) is 0 Å². The quantitative estimate of drug-likeness (QED) is 0.0280. The fourth-order valence-corrected chi connectivity index (χ4v) is 8.50. The van der Waals surface area contributed by atoms with E-state index in [-0.39, 0.29) is 60.5 Å². The largest absolute Gasteiger partial charge is 1.00 e. The van der Waals surface area contributed by atoms with Gasteiger partial charge in [-0.2, -0.15) is 29.7 Å². The van der Waals surface area contributed by atoms with Crippen molar-refractivity contribution in [2.24, 2.45) is 30.7 Å². The molecule has 0 bridgehead atoms. The Morgan fingerprint density at radius 1 is 0.649 bits per heavy atom. The first kappa shape index (κ1) is 91.7. The van der Waals surface area contributed by atoms with Gasteiger partial charge in [0, 0.05) is 62.7 Å². The van der Waals surface area contributed by atoms with Crippen LogP contribution >= 0.6 is 40.4 Å². The summed E-state index contributed by atoms with van der Waals surface area (Å²) in [5.74, 6) is 0. The summed E-state index contributed by atoms with van der Waals surface area (Å²) >= 11 is 0. The second-order valence-electron chi connectivity index (χ2n) is 17.6. The second-order valence-corrected chi connectivity index (χ2v) is 20.2. The highest BCUT2D eigenvalue weighted by molar-refractivity contribution is 8.13. The lowest BCUT2D eigenvalue weighted by Crippen LogP contribution is -3.00. The molecule has 16 nitrogen and oxygen atoms in total. The van der Waals surface area contributed by atoms with Crippen molar-refractivity contribution in [3.05, 3.63) is 29.8 Å². The minimum Gasteiger partial charge on any atom is -1.00 e. The zero-order valence-electron chi connectivity index (χ0n) is 49.9. The number of halogens is 2. The van der Waals surface area contributed by atoms with Crippen molar-refractivity contribution in [1.82, 2.24) is 25.3 Å². The van der Waals surface area contributed by atoms with Crippen LogP contribution in [0.5, 0.6) is 0 Å². The number of hydrogen-bond acceptors (Lipinski definition) is 13. The number of aryl methyl sites for hydroxylation is 1. The predicted molar refractivity (Wildman–Crippen MR) is 347 cm³/mol. The fourth-order valence-electron chi connectivity index (χ4n) is 7.73. The van der Waals surface area contributed by atoms with Crippen LogP contribution in [-0.2, 0) is 13.8 Å². The van der Waals surface area contributed by atoms with Crippen molar-refractivity contribution in [1.29, 1.82) is 0 Å². The van der Waals surface area contributed by atoms with Crippen LogP contribution in [0.1, 0.15) is 159 Å². The first-order valence-electron chi connectivity index (χ1n) is 27.8. The molecule has 3 atom stereocenters. The number of likely N-dealkylation sites (tertiary alicyclic amines) is 4. The van der Waals surface area contributed by atoms with Crippen molar-refractivity contribution in [2.75, 3.05) is 137 Å². The number of nitrogens with one attached hydrogen (secondary N) is 2. The molecule has 4 N–H and O–H groups in total. The summed E-state index contributed by atoms with van der Waals surface area (Å²) in [5.41, 5.74) is 6.39. The van der Waals surface area contributed by atoms with Gasteiger partial charge in [0.1, 0.15) is 0 Å². The molecule has 0 saturated carbocycles. The summed E-state index contributed by atoms with van der Waals surface area (Å²) in [6, 6.07) is 11.8. The van der Waals surface area contributed by atoms with E-state index < -0.39 is 9.05 Å². The number of isocyanates is 1. The van der Waals surface area contributed by atoms with E-state index in [1.807, 2.05) is 41.5 Å². The Kier molecular flexibility index (Phi) is 81.6. The highest BCUT2D eigenvalue weighted by atomic mass is 35.7. The predicted octanol–water partition coefficient (Wildman–Crippen LogP) is 7.61. The maximum atomic E-state index is 11.0. The van der Waals surface area contributed by atoms with Crippen LogP contribution in [0.15, 0.2) is 54.1 Å². The van der Waals surface area contributed by atoms with Crippen LogP contribution < -0.4 is 28.8 Å². The summed E-state index contributed by atoms with van der Waals surface area (Å²) in [6.07, 6.45) is 18.2. The smallest absolute Gasteiger partial charge is 0.314 e. The third-order valence-electron chi connectivity index (χ3n) is 11.5. The number of benzene rings is 1. The zero-order valence-corrected chi connectivity index (χ0v) is 56.4. The Morgan fingerprint density at radius 3 is 1.40 bits per heavy atom. The fraction of sp³-hybridized carbons (Fsp3) is 0.818. The molecular weight excluding hydrogens is 1090 g/mol. The molecule has 4 aliphatic rings. The summed E-state index contributed by atoms with van der Waals surface area (Å²) in [4.78, 5) is 47.0. The number of carbonyl (C=O) groups excluding carboxylic acids is 2. The number of urea groups is 1. The van der Waals surface area contributed by atoms with Crippen molar-refractivity contribution in [2.45, 2.75) is 165 Å². The van der Waals surface area contributed by atoms with E-state index >= 15 is 0 Å². The average molecular weight is 1210 g/mol. The van der Waals surface area contributed by atoms with Crippen LogP contribution in [0.4, 0.5) is 4.79 Å². The number of nitrogens with zero attached hydrogens (tertiary/aromatic N) is 9. The first-order chi connectivity index (χ1) is 34.8.